The predicted molar refractivity (Wildman–Crippen MR) is 177 cm³/mol. The first-order valence-corrected chi connectivity index (χ1v) is 15.1. The summed E-state index contributed by atoms with van der Waals surface area (Å²) < 4.78 is 0. The van der Waals surface area contributed by atoms with Crippen molar-refractivity contribution < 1.29 is 9.90 Å². The lowest BCUT2D eigenvalue weighted by molar-refractivity contribution is -0.129. The molecule has 1 aliphatic rings. The molecule has 3 aromatic carbocycles. The predicted octanol–water partition coefficient (Wildman–Crippen LogP) is 7.19. The molecule has 0 spiro atoms. The second-order valence-electron chi connectivity index (χ2n) is 11.8. The SMILES string of the molecule is CC.CN1CCN(c2ccc(-c3ccc4nc(-c5ccc(O)cc5)[nH]c4c3)cc2)CC1.CNC(=O)C(C)(C)CC(C)C. The van der Waals surface area contributed by atoms with Crippen LogP contribution in [0.3, 0.4) is 0 Å². The largest absolute Gasteiger partial charge is 0.508 e. The maximum Gasteiger partial charge on any atom is 0.225 e. The van der Waals surface area contributed by atoms with E-state index >= 15 is 0 Å². The Hall–Kier alpha value is -3.84. The van der Waals surface area contributed by atoms with E-state index in [0.29, 0.717) is 5.92 Å². The lowest BCUT2D eigenvalue weighted by Crippen LogP contribution is -2.44. The zero-order valence-electron chi connectivity index (χ0n) is 26.7. The number of H-pyrrole nitrogens is 1. The quantitative estimate of drug-likeness (QED) is 0.228. The van der Waals surface area contributed by atoms with Crippen LogP contribution in [-0.2, 0) is 4.79 Å². The van der Waals surface area contributed by atoms with Crippen molar-refractivity contribution >= 4 is 22.6 Å². The normalized spacial score (nSPS) is 13.7. The minimum atomic E-state index is -0.219. The van der Waals surface area contributed by atoms with Gasteiger partial charge in [0, 0.05) is 49.9 Å². The topological polar surface area (TPSA) is 84.5 Å². The molecule has 1 saturated heterocycles. The monoisotopic (exact) mass is 571 g/mol. The van der Waals surface area contributed by atoms with Crippen molar-refractivity contribution in [3.63, 3.8) is 0 Å². The van der Waals surface area contributed by atoms with E-state index in [9.17, 15) is 9.90 Å². The number of likely N-dealkylation sites (N-methyl/N-ethyl adjacent to an activating group) is 1. The van der Waals surface area contributed by atoms with Crippen LogP contribution >= 0.6 is 0 Å². The standard InChI is InChI=1S/C24H24N4O.C9H19NO.C2H6/c1-27-12-14-28(15-13-27)20-7-2-17(3-8-20)19-6-11-22-23(16-19)26-24(25-22)18-4-9-21(29)10-5-18;1-7(2)6-9(3,4)8(11)10-5;1-2/h2-11,16,29H,12-15H2,1H3,(H,25,26);7H,6H2,1-5H3,(H,10,11);1-2H3. The number of imidazole rings is 1. The minimum absolute atomic E-state index is 0.131. The maximum absolute atomic E-state index is 11.3. The Balaban J connectivity index is 0.000000317. The molecule has 0 radical (unpaired) electrons. The Morgan fingerprint density at radius 2 is 1.50 bits per heavy atom. The molecule has 7 heteroatoms. The van der Waals surface area contributed by atoms with E-state index in [1.807, 2.05) is 39.8 Å². The van der Waals surface area contributed by atoms with Gasteiger partial charge in [0.2, 0.25) is 5.91 Å². The highest BCUT2D eigenvalue weighted by atomic mass is 16.3. The number of nitrogens with zero attached hydrogens (tertiary/aromatic N) is 3. The van der Waals surface area contributed by atoms with Crippen LogP contribution in [0.5, 0.6) is 5.75 Å². The Bertz CT molecular complexity index is 1400. The summed E-state index contributed by atoms with van der Waals surface area (Å²) in [6, 6.07) is 22.3. The summed E-state index contributed by atoms with van der Waals surface area (Å²) in [5.74, 6) is 1.77. The molecule has 0 unspecified atom stereocenters. The fourth-order valence-corrected chi connectivity index (χ4v) is 5.33. The van der Waals surface area contributed by atoms with Crippen molar-refractivity contribution in [2.24, 2.45) is 11.3 Å². The highest BCUT2D eigenvalue weighted by molar-refractivity contribution is 5.85. The molecule has 5 rings (SSSR count). The molecule has 0 atom stereocenters. The molecule has 1 aliphatic heterocycles. The summed E-state index contributed by atoms with van der Waals surface area (Å²) in [6.07, 6.45) is 0.937. The van der Waals surface area contributed by atoms with Crippen LogP contribution in [-0.4, -0.2) is 66.2 Å². The van der Waals surface area contributed by atoms with Gasteiger partial charge in [0.25, 0.3) is 0 Å². The number of phenols is 1. The number of hydrogen-bond donors (Lipinski definition) is 3. The number of aromatic amines is 1. The first kappa shape index (κ1) is 32.7. The smallest absolute Gasteiger partial charge is 0.225 e. The number of piperazine rings is 1. The Labute approximate surface area is 252 Å². The van der Waals surface area contributed by atoms with E-state index in [-0.39, 0.29) is 17.1 Å². The highest BCUT2D eigenvalue weighted by Gasteiger charge is 2.27. The molecule has 0 saturated carbocycles. The van der Waals surface area contributed by atoms with Crippen molar-refractivity contribution in [2.45, 2.75) is 48.0 Å². The van der Waals surface area contributed by atoms with Crippen molar-refractivity contribution in [2.75, 3.05) is 45.2 Å². The lowest BCUT2D eigenvalue weighted by Gasteiger charge is -2.34. The van der Waals surface area contributed by atoms with E-state index in [1.54, 1.807) is 19.2 Å². The van der Waals surface area contributed by atoms with Crippen molar-refractivity contribution in [1.29, 1.82) is 0 Å². The van der Waals surface area contributed by atoms with Gasteiger partial charge in [-0.3, -0.25) is 4.79 Å². The van der Waals surface area contributed by atoms with Crippen LogP contribution in [0.2, 0.25) is 0 Å². The molecule has 226 valence electrons. The van der Waals surface area contributed by atoms with Gasteiger partial charge in [-0.25, -0.2) is 4.98 Å². The number of fused-ring (bicyclic) bond motifs is 1. The molecule has 42 heavy (non-hydrogen) atoms. The molecule has 0 bridgehead atoms. The average Bonchev–Trinajstić information content (AvgIpc) is 3.42. The minimum Gasteiger partial charge on any atom is -0.508 e. The molecule has 4 aromatic rings. The second-order valence-corrected chi connectivity index (χ2v) is 11.8. The zero-order chi connectivity index (χ0) is 30.9. The molecule has 0 aliphatic carbocycles. The third kappa shape index (κ3) is 8.58. The highest BCUT2D eigenvalue weighted by Crippen LogP contribution is 2.29. The van der Waals surface area contributed by atoms with E-state index in [4.69, 9.17) is 0 Å². The Morgan fingerprint density at radius 3 is 2.07 bits per heavy atom. The summed E-state index contributed by atoms with van der Waals surface area (Å²) >= 11 is 0. The number of carbonyl (C=O) groups is 1. The first-order chi connectivity index (χ1) is 20.1. The van der Waals surface area contributed by atoms with E-state index in [0.717, 1.165) is 55.0 Å². The average molecular weight is 572 g/mol. The van der Waals surface area contributed by atoms with E-state index < -0.39 is 0 Å². The summed E-state index contributed by atoms with van der Waals surface area (Å²) in [7, 11) is 3.86. The van der Waals surface area contributed by atoms with Crippen LogP contribution in [0, 0.1) is 11.3 Å². The van der Waals surface area contributed by atoms with Crippen LogP contribution in [0.4, 0.5) is 5.69 Å². The van der Waals surface area contributed by atoms with Gasteiger partial charge < -0.3 is 25.2 Å². The number of benzene rings is 3. The van der Waals surface area contributed by atoms with E-state index in [2.05, 4.69) is 88.4 Å². The number of rotatable bonds is 6. The third-order valence-electron chi connectivity index (χ3n) is 7.45. The third-order valence-corrected chi connectivity index (χ3v) is 7.45. The molecule has 3 N–H and O–H groups in total. The number of aromatic hydroxyl groups is 1. The number of nitrogens with one attached hydrogen (secondary N) is 2. The van der Waals surface area contributed by atoms with Gasteiger partial charge >= 0.3 is 0 Å². The van der Waals surface area contributed by atoms with Gasteiger partial charge in [0.1, 0.15) is 11.6 Å². The summed E-state index contributed by atoms with van der Waals surface area (Å²) in [4.78, 5) is 24.2. The molecule has 2 heterocycles. The van der Waals surface area contributed by atoms with Crippen LogP contribution < -0.4 is 10.2 Å². The lowest BCUT2D eigenvalue weighted by atomic mass is 9.83. The molecular formula is C35H49N5O2. The van der Waals surface area contributed by atoms with Crippen LogP contribution in [0.25, 0.3) is 33.5 Å². The molecule has 7 nitrogen and oxygen atoms in total. The first-order valence-electron chi connectivity index (χ1n) is 15.1. The van der Waals surface area contributed by atoms with Gasteiger partial charge in [0.05, 0.1) is 11.0 Å². The molecule has 1 fully saturated rings. The fourth-order valence-electron chi connectivity index (χ4n) is 5.33. The summed E-state index contributed by atoms with van der Waals surface area (Å²) in [5.41, 5.74) is 6.34. The number of carbonyl (C=O) groups excluding carboxylic acids is 1. The molecule has 1 amide bonds. The Kier molecular flexibility index (Phi) is 11.6. The van der Waals surface area contributed by atoms with Crippen LogP contribution in [0.15, 0.2) is 66.7 Å². The van der Waals surface area contributed by atoms with Gasteiger partial charge in [-0.2, -0.15) is 0 Å². The Morgan fingerprint density at radius 1 is 0.929 bits per heavy atom. The van der Waals surface area contributed by atoms with Crippen molar-refractivity contribution in [3.05, 3.63) is 66.7 Å². The van der Waals surface area contributed by atoms with Gasteiger partial charge in [-0.05, 0) is 79.0 Å². The maximum atomic E-state index is 11.3. The molecule has 1 aromatic heterocycles. The van der Waals surface area contributed by atoms with Crippen LogP contribution in [0.1, 0.15) is 48.0 Å². The summed E-state index contributed by atoms with van der Waals surface area (Å²) in [5, 5.41) is 12.2. The summed E-state index contributed by atoms with van der Waals surface area (Å²) in [6.45, 7) is 16.6. The number of aromatic nitrogens is 2. The van der Waals surface area contributed by atoms with Crippen molar-refractivity contribution in [1.82, 2.24) is 20.2 Å². The van der Waals surface area contributed by atoms with Crippen molar-refractivity contribution in [3.8, 4) is 28.3 Å². The number of amides is 1. The number of anilines is 1. The number of hydrogen-bond acceptors (Lipinski definition) is 5. The zero-order valence-corrected chi connectivity index (χ0v) is 26.7. The van der Waals surface area contributed by atoms with E-state index in [1.165, 1.54) is 16.8 Å². The second kappa shape index (κ2) is 14.9. The molecular weight excluding hydrogens is 522 g/mol. The number of phenolic OH excluding ortho intramolecular Hbond substituents is 1. The van der Waals surface area contributed by atoms with Gasteiger partial charge in [0.15, 0.2) is 0 Å². The van der Waals surface area contributed by atoms with Gasteiger partial charge in [-0.1, -0.05) is 59.7 Å². The van der Waals surface area contributed by atoms with Gasteiger partial charge in [-0.15, -0.1) is 0 Å². The fraction of sp³-hybridized carbons (Fsp3) is 0.429.